The van der Waals surface area contributed by atoms with Gasteiger partial charge in [-0.15, -0.1) is 0 Å². The number of oxime groups is 1. The van der Waals surface area contributed by atoms with Gasteiger partial charge in [0.2, 0.25) is 0 Å². The standard InChI is InChI=1S/C12H20N2O4/c1-16-8-10-2-3-11(14-18-10)12(15)13-6-9-4-5-17-7-9/h9-10H,2-8H2,1H3,(H,13,15). The van der Waals surface area contributed by atoms with Gasteiger partial charge in [0.15, 0.2) is 6.10 Å². The molecule has 0 aromatic carbocycles. The minimum Gasteiger partial charge on any atom is -0.390 e. The molecule has 102 valence electrons. The van der Waals surface area contributed by atoms with Crippen molar-refractivity contribution in [3.05, 3.63) is 0 Å². The second-order valence-corrected chi connectivity index (χ2v) is 4.70. The summed E-state index contributed by atoms with van der Waals surface area (Å²) in [6.45, 7) is 2.69. The van der Waals surface area contributed by atoms with Crippen LogP contribution in [0.25, 0.3) is 0 Å². The molecule has 18 heavy (non-hydrogen) atoms. The molecule has 2 heterocycles. The fraction of sp³-hybridized carbons (Fsp3) is 0.833. The molecular formula is C12H20N2O4. The van der Waals surface area contributed by atoms with Crippen molar-refractivity contribution < 1.29 is 19.1 Å². The smallest absolute Gasteiger partial charge is 0.269 e. The maximum atomic E-state index is 11.8. The minimum absolute atomic E-state index is 0.0326. The Kier molecular flexibility index (Phi) is 4.95. The van der Waals surface area contributed by atoms with Gasteiger partial charge >= 0.3 is 0 Å². The number of hydrogen-bond acceptors (Lipinski definition) is 5. The molecule has 6 heteroatoms. The van der Waals surface area contributed by atoms with E-state index in [4.69, 9.17) is 14.3 Å². The van der Waals surface area contributed by atoms with Gasteiger partial charge in [-0.05, 0) is 12.8 Å². The highest BCUT2D eigenvalue weighted by atomic mass is 16.7. The van der Waals surface area contributed by atoms with Gasteiger partial charge in [-0.3, -0.25) is 4.79 Å². The average Bonchev–Trinajstić information content (AvgIpc) is 2.90. The third-order valence-electron chi connectivity index (χ3n) is 3.21. The average molecular weight is 256 g/mol. The van der Waals surface area contributed by atoms with Crippen molar-refractivity contribution >= 4 is 11.6 Å². The Bertz CT molecular complexity index is 313. The van der Waals surface area contributed by atoms with Crippen molar-refractivity contribution in [3.63, 3.8) is 0 Å². The Morgan fingerprint density at radius 1 is 1.56 bits per heavy atom. The lowest BCUT2D eigenvalue weighted by Gasteiger charge is -2.20. The first-order valence-electron chi connectivity index (χ1n) is 6.37. The molecule has 2 rings (SSSR count). The number of nitrogens with one attached hydrogen (secondary N) is 1. The molecule has 2 unspecified atom stereocenters. The van der Waals surface area contributed by atoms with Crippen LogP contribution in [0.2, 0.25) is 0 Å². The van der Waals surface area contributed by atoms with E-state index in [0.29, 0.717) is 31.2 Å². The molecule has 2 aliphatic heterocycles. The highest BCUT2D eigenvalue weighted by Gasteiger charge is 2.23. The molecule has 1 amide bonds. The first kappa shape index (κ1) is 13.3. The molecule has 1 N–H and O–H groups in total. The number of rotatable bonds is 5. The molecule has 0 saturated carbocycles. The van der Waals surface area contributed by atoms with Crippen LogP contribution in [0.3, 0.4) is 0 Å². The van der Waals surface area contributed by atoms with Crippen molar-refractivity contribution in [2.75, 3.05) is 33.5 Å². The number of hydrogen-bond donors (Lipinski definition) is 1. The highest BCUT2D eigenvalue weighted by molar-refractivity contribution is 6.38. The Morgan fingerprint density at radius 3 is 3.06 bits per heavy atom. The molecule has 0 aromatic heterocycles. The molecule has 1 saturated heterocycles. The molecule has 6 nitrogen and oxygen atoms in total. The van der Waals surface area contributed by atoms with E-state index in [1.54, 1.807) is 7.11 Å². The van der Waals surface area contributed by atoms with E-state index in [1.165, 1.54) is 0 Å². The number of carbonyl (C=O) groups is 1. The molecule has 0 bridgehead atoms. The number of methoxy groups -OCH3 is 1. The van der Waals surface area contributed by atoms with E-state index in [9.17, 15) is 4.79 Å². The Morgan fingerprint density at radius 2 is 2.44 bits per heavy atom. The summed E-state index contributed by atoms with van der Waals surface area (Å²) in [5.74, 6) is 0.304. The summed E-state index contributed by atoms with van der Waals surface area (Å²) in [4.78, 5) is 17.0. The summed E-state index contributed by atoms with van der Waals surface area (Å²) in [6, 6.07) is 0. The normalized spacial score (nSPS) is 27.5. The van der Waals surface area contributed by atoms with Gasteiger partial charge in [0.1, 0.15) is 5.71 Å². The Balaban J connectivity index is 1.72. The van der Waals surface area contributed by atoms with Crippen LogP contribution in [0.4, 0.5) is 0 Å². The number of carbonyl (C=O) groups excluding carboxylic acids is 1. The van der Waals surface area contributed by atoms with Crippen molar-refractivity contribution in [3.8, 4) is 0 Å². The van der Waals surface area contributed by atoms with E-state index in [-0.39, 0.29) is 12.0 Å². The zero-order valence-electron chi connectivity index (χ0n) is 10.7. The number of nitrogens with zero attached hydrogens (tertiary/aromatic N) is 1. The largest absolute Gasteiger partial charge is 0.390 e. The molecule has 0 spiro atoms. The van der Waals surface area contributed by atoms with E-state index in [2.05, 4.69) is 10.5 Å². The van der Waals surface area contributed by atoms with Crippen LogP contribution in [0.5, 0.6) is 0 Å². The summed E-state index contributed by atoms with van der Waals surface area (Å²) in [5, 5.41) is 6.75. The minimum atomic E-state index is -0.127. The summed E-state index contributed by atoms with van der Waals surface area (Å²) in [5.41, 5.74) is 0.473. The van der Waals surface area contributed by atoms with Crippen LogP contribution in [-0.2, 0) is 19.1 Å². The third kappa shape index (κ3) is 3.68. The third-order valence-corrected chi connectivity index (χ3v) is 3.21. The van der Waals surface area contributed by atoms with Gasteiger partial charge in [-0.2, -0.15) is 0 Å². The first-order valence-corrected chi connectivity index (χ1v) is 6.37. The van der Waals surface area contributed by atoms with E-state index in [0.717, 1.165) is 26.1 Å². The zero-order valence-corrected chi connectivity index (χ0v) is 10.7. The molecule has 2 atom stereocenters. The summed E-state index contributed by atoms with van der Waals surface area (Å²) < 4.78 is 10.2. The van der Waals surface area contributed by atoms with E-state index >= 15 is 0 Å². The Hall–Kier alpha value is -1.14. The Labute approximate surface area is 107 Å². The van der Waals surface area contributed by atoms with Gasteiger partial charge in [-0.25, -0.2) is 0 Å². The lowest BCUT2D eigenvalue weighted by atomic mass is 10.1. The summed E-state index contributed by atoms with van der Waals surface area (Å²) in [6.07, 6.45) is 2.39. The molecule has 0 radical (unpaired) electrons. The molecule has 1 fully saturated rings. The maximum Gasteiger partial charge on any atom is 0.269 e. The van der Waals surface area contributed by atoms with Crippen LogP contribution in [0.15, 0.2) is 5.16 Å². The lowest BCUT2D eigenvalue weighted by Crippen LogP contribution is -2.37. The van der Waals surface area contributed by atoms with E-state index in [1.807, 2.05) is 0 Å². The van der Waals surface area contributed by atoms with Crippen LogP contribution in [0, 0.1) is 5.92 Å². The number of amides is 1. The molecule has 0 aromatic rings. The van der Waals surface area contributed by atoms with Gasteiger partial charge in [0.25, 0.3) is 5.91 Å². The first-order chi connectivity index (χ1) is 8.79. The van der Waals surface area contributed by atoms with Gasteiger partial charge in [0, 0.05) is 32.6 Å². The number of ether oxygens (including phenoxy) is 2. The second kappa shape index (κ2) is 6.70. The fourth-order valence-electron chi connectivity index (χ4n) is 2.07. The van der Waals surface area contributed by atoms with Crippen molar-refractivity contribution in [1.82, 2.24) is 5.32 Å². The second-order valence-electron chi connectivity index (χ2n) is 4.70. The summed E-state index contributed by atoms with van der Waals surface area (Å²) in [7, 11) is 1.62. The molecule has 2 aliphatic rings. The van der Waals surface area contributed by atoms with E-state index < -0.39 is 0 Å². The maximum absolute atomic E-state index is 11.8. The van der Waals surface area contributed by atoms with Gasteiger partial charge in [-0.1, -0.05) is 5.16 Å². The van der Waals surface area contributed by atoms with Crippen molar-refractivity contribution in [1.29, 1.82) is 0 Å². The molecular weight excluding hydrogens is 236 g/mol. The SMILES string of the molecule is COCC1CCC(C(=O)NCC2CCOC2)=NO1. The predicted octanol–water partition coefficient (Wildman–Crippen LogP) is 0.321. The van der Waals surface area contributed by atoms with Gasteiger partial charge < -0.3 is 19.6 Å². The van der Waals surface area contributed by atoms with Crippen LogP contribution in [-0.4, -0.2) is 51.2 Å². The molecule has 0 aliphatic carbocycles. The van der Waals surface area contributed by atoms with Crippen molar-refractivity contribution in [2.45, 2.75) is 25.4 Å². The quantitative estimate of drug-likeness (QED) is 0.769. The highest BCUT2D eigenvalue weighted by Crippen LogP contribution is 2.13. The monoisotopic (exact) mass is 256 g/mol. The van der Waals surface area contributed by atoms with Crippen LogP contribution < -0.4 is 5.32 Å². The lowest BCUT2D eigenvalue weighted by molar-refractivity contribution is -0.115. The van der Waals surface area contributed by atoms with Crippen molar-refractivity contribution in [2.24, 2.45) is 11.1 Å². The predicted molar refractivity (Wildman–Crippen MR) is 65.4 cm³/mol. The fourth-order valence-corrected chi connectivity index (χ4v) is 2.07. The zero-order chi connectivity index (χ0) is 12.8. The van der Waals surface area contributed by atoms with Gasteiger partial charge in [0.05, 0.1) is 13.2 Å². The van der Waals surface area contributed by atoms with Crippen LogP contribution in [0.1, 0.15) is 19.3 Å². The van der Waals surface area contributed by atoms with Crippen LogP contribution >= 0.6 is 0 Å². The summed E-state index contributed by atoms with van der Waals surface area (Å²) >= 11 is 0. The topological polar surface area (TPSA) is 69.2 Å².